The summed E-state index contributed by atoms with van der Waals surface area (Å²) in [4.78, 5) is 22.5. The maximum Gasteiger partial charge on any atom is 0.321 e. The Kier molecular flexibility index (Phi) is 5.32. The Morgan fingerprint density at radius 3 is 2.26 bits per heavy atom. The van der Waals surface area contributed by atoms with Crippen molar-refractivity contribution in [1.82, 2.24) is 10.6 Å². The summed E-state index contributed by atoms with van der Waals surface area (Å²) in [5, 5.41) is 13.8. The number of aliphatic hydroxyl groups excluding tert-OH is 1. The molecule has 6 heteroatoms. The smallest absolute Gasteiger partial charge is 0.321 e. The largest absolute Gasteiger partial charge is 0.481 e. The van der Waals surface area contributed by atoms with Crippen LogP contribution in [0.25, 0.3) is 0 Å². The van der Waals surface area contributed by atoms with E-state index in [1.807, 2.05) is 0 Å². The van der Waals surface area contributed by atoms with Crippen molar-refractivity contribution in [2.24, 2.45) is 0 Å². The van der Waals surface area contributed by atoms with E-state index >= 15 is 0 Å². The van der Waals surface area contributed by atoms with Crippen LogP contribution in [-0.2, 0) is 4.79 Å². The number of amides is 3. The number of ether oxygens (including phenoxy) is 1. The Labute approximate surface area is 111 Å². The summed E-state index contributed by atoms with van der Waals surface area (Å²) in [5.74, 6) is -0.0390. The van der Waals surface area contributed by atoms with Crippen molar-refractivity contribution in [2.45, 2.75) is 26.1 Å². The molecule has 0 bridgehead atoms. The predicted molar refractivity (Wildman–Crippen MR) is 69.8 cm³/mol. The summed E-state index contributed by atoms with van der Waals surface area (Å²) in [5.41, 5.74) is 0.759. The maximum absolute atomic E-state index is 11.6. The van der Waals surface area contributed by atoms with Crippen molar-refractivity contribution >= 4 is 11.9 Å². The minimum Gasteiger partial charge on any atom is -0.481 e. The second-order valence-electron chi connectivity index (χ2n) is 4.07. The van der Waals surface area contributed by atoms with Crippen molar-refractivity contribution in [2.75, 3.05) is 7.05 Å². The van der Waals surface area contributed by atoms with Gasteiger partial charge >= 0.3 is 6.03 Å². The quantitative estimate of drug-likeness (QED) is 0.757. The number of aliphatic hydroxyl groups is 1. The van der Waals surface area contributed by atoms with E-state index < -0.39 is 24.1 Å². The minimum atomic E-state index is -0.797. The molecule has 0 saturated heterocycles. The Morgan fingerprint density at radius 1 is 1.21 bits per heavy atom. The Hall–Kier alpha value is -2.08. The highest BCUT2D eigenvalue weighted by Gasteiger charge is 2.16. The molecule has 1 aromatic carbocycles. The van der Waals surface area contributed by atoms with E-state index in [0.717, 1.165) is 5.56 Å². The number of imide groups is 1. The molecule has 0 aliphatic heterocycles. The van der Waals surface area contributed by atoms with Crippen LogP contribution in [0.5, 0.6) is 5.75 Å². The molecule has 0 heterocycles. The van der Waals surface area contributed by atoms with Gasteiger partial charge in [0, 0.05) is 7.05 Å². The number of nitrogens with one attached hydrogen (secondary N) is 2. The lowest BCUT2D eigenvalue weighted by Gasteiger charge is -2.14. The summed E-state index contributed by atoms with van der Waals surface area (Å²) in [7, 11) is 1.42. The molecular formula is C13H18N2O4. The van der Waals surface area contributed by atoms with Crippen molar-refractivity contribution in [3.63, 3.8) is 0 Å². The molecule has 0 aliphatic carbocycles. The average molecular weight is 266 g/mol. The van der Waals surface area contributed by atoms with Gasteiger partial charge < -0.3 is 15.2 Å². The van der Waals surface area contributed by atoms with E-state index in [9.17, 15) is 14.7 Å². The number of hydrogen-bond acceptors (Lipinski definition) is 4. The zero-order valence-corrected chi connectivity index (χ0v) is 11.1. The van der Waals surface area contributed by atoms with Crippen LogP contribution in [0.2, 0.25) is 0 Å². The van der Waals surface area contributed by atoms with Gasteiger partial charge in [-0.05, 0) is 31.5 Å². The van der Waals surface area contributed by atoms with E-state index in [-0.39, 0.29) is 0 Å². The normalized spacial score (nSPS) is 13.3. The first-order valence-electron chi connectivity index (χ1n) is 5.91. The van der Waals surface area contributed by atoms with Gasteiger partial charge in [-0.2, -0.15) is 0 Å². The fraction of sp³-hybridized carbons (Fsp3) is 0.385. The first kappa shape index (κ1) is 15.0. The number of urea groups is 1. The molecule has 0 spiro atoms. The van der Waals surface area contributed by atoms with E-state index in [1.165, 1.54) is 7.05 Å². The molecule has 0 saturated carbocycles. The van der Waals surface area contributed by atoms with Gasteiger partial charge in [0.15, 0.2) is 6.10 Å². The Morgan fingerprint density at radius 2 is 1.79 bits per heavy atom. The second-order valence-corrected chi connectivity index (χ2v) is 4.07. The summed E-state index contributed by atoms with van der Waals surface area (Å²) in [6, 6.07) is 6.16. The van der Waals surface area contributed by atoms with Crippen molar-refractivity contribution in [3.05, 3.63) is 29.8 Å². The SMILES string of the molecule is CNC(=O)NC(=O)C(C)Oc1ccc([C@H](C)O)cc1. The molecule has 2 atom stereocenters. The molecule has 1 unspecified atom stereocenters. The van der Waals surface area contributed by atoms with Gasteiger partial charge in [-0.15, -0.1) is 0 Å². The molecule has 3 N–H and O–H groups in total. The van der Waals surface area contributed by atoms with E-state index in [2.05, 4.69) is 10.6 Å². The number of hydrogen-bond donors (Lipinski definition) is 3. The highest BCUT2D eigenvalue weighted by molar-refractivity contribution is 5.96. The summed E-state index contributed by atoms with van der Waals surface area (Å²) in [6.07, 6.45) is -1.35. The molecule has 19 heavy (non-hydrogen) atoms. The van der Waals surface area contributed by atoms with Gasteiger partial charge in [0.1, 0.15) is 5.75 Å². The van der Waals surface area contributed by atoms with Gasteiger partial charge in [0.2, 0.25) is 0 Å². The first-order chi connectivity index (χ1) is 8.93. The first-order valence-corrected chi connectivity index (χ1v) is 5.91. The third kappa shape index (κ3) is 4.59. The van der Waals surface area contributed by atoms with E-state index in [4.69, 9.17) is 4.74 Å². The molecule has 1 aromatic rings. The Bertz CT molecular complexity index is 442. The van der Waals surface area contributed by atoms with Crippen LogP contribution in [0, 0.1) is 0 Å². The monoisotopic (exact) mass is 266 g/mol. The van der Waals surface area contributed by atoms with E-state index in [1.54, 1.807) is 38.1 Å². The fourth-order valence-corrected chi connectivity index (χ4v) is 1.36. The molecule has 0 aromatic heterocycles. The van der Waals surface area contributed by atoms with Crippen LogP contribution in [0.3, 0.4) is 0 Å². The minimum absolute atomic E-state index is 0.490. The molecule has 3 amide bonds. The lowest BCUT2D eigenvalue weighted by Crippen LogP contribution is -2.43. The summed E-state index contributed by atoms with van der Waals surface area (Å²) >= 11 is 0. The van der Waals surface area contributed by atoms with Crippen LogP contribution >= 0.6 is 0 Å². The highest BCUT2D eigenvalue weighted by Crippen LogP contribution is 2.18. The van der Waals surface area contributed by atoms with E-state index in [0.29, 0.717) is 5.75 Å². The number of carbonyl (C=O) groups is 2. The zero-order chi connectivity index (χ0) is 14.4. The van der Waals surface area contributed by atoms with Crippen molar-refractivity contribution < 1.29 is 19.4 Å². The topological polar surface area (TPSA) is 87.7 Å². The number of rotatable bonds is 4. The standard InChI is InChI=1S/C13H18N2O4/c1-8(16)10-4-6-11(7-5-10)19-9(2)12(17)15-13(18)14-3/h4-9,16H,1-3H3,(H2,14,15,17,18)/t8-,9?/m0/s1. The van der Waals surface area contributed by atoms with Gasteiger partial charge in [-0.25, -0.2) is 4.79 Å². The third-order valence-corrected chi connectivity index (χ3v) is 2.51. The fourth-order valence-electron chi connectivity index (χ4n) is 1.36. The van der Waals surface area contributed by atoms with Gasteiger partial charge in [-0.3, -0.25) is 10.1 Å². The summed E-state index contributed by atoms with van der Waals surface area (Å²) in [6.45, 7) is 3.20. The number of benzene rings is 1. The van der Waals surface area contributed by atoms with Crippen LogP contribution in [0.4, 0.5) is 4.79 Å². The van der Waals surface area contributed by atoms with Gasteiger partial charge in [0.25, 0.3) is 5.91 Å². The zero-order valence-electron chi connectivity index (χ0n) is 11.1. The molecule has 1 rings (SSSR count). The lowest BCUT2D eigenvalue weighted by molar-refractivity contribution is -0.126. The van der Waals surface area contributed by atoms with Crippen LogP contribution in [-0.4, -0.2) is 30.2 Å². The maximum atomic E-state index is 11.6. The van der Waals surface area contributed by atoms with Crippen molar-refractivity contribution in [3.8, 4) is 5.75 Å². The molecule has 0 fully saturated rings. The predicted octanol–water partition coefficient (Wildman–Crippen LogP) is 0.963. The van der Waals surface area contributed by atoms with Gasteiger partial charge in [-0.1, -0.05) is 12.1 Å². The molecule has 0 radical (unpaired) electrons. The molecule has 6 nitrogen and oxygen atoms in total. The Balaban J connectivity index is 2.58. The van der Waals surface area contributed by atoms with Crippen molar-refractivity contribution in [1.29, 1.82) is 0 Å². The highest BCUT2D eigenvalue weighted by atomic mass is 16.5. The molecular weight excluding hydrogens is 248 g/mol. The van der Waals surface area contributed by atoms with Gasteiger partial charge in [0.05, 0.1) is 6.10 Å². The molecule has 104 valence electrons. The third-order valence-electron chi connectivity index (χ3n) is 2.51. The average Bonchev–Trinajstić information content (AvgIpc) is 2.38. The lowest BCUT2D eigenvalue weighted by atomic mass is 10.1. The summed E-state index contributed by atoms with van der Waals surface area (Å²) < 4.78 is 5.38. The van der Waals surface area contributed by atoms with Crippen LogP contribution in [0.1, 0.15) is 25.5 Å². The van der Waals surface area contributed by atoms with Crippen LogP contribution < -0.4 is 15.4 Å². The van der Waals surface area contributed by atoms with Crippen LogP contribution in [0.15, 0.2) is 24.3 Å². The number of carbonyl (C=O) groups excluding carboxylic acids is 2. The second kappa shape index (κ2) is 6.75. The molecule has 0 aliphatic rings.